The number of hydrogen-bond acceptors (Lipinski definition) is 4. The minimum Gasteiger partial charge on any atom is -0.395 e. The van der Waals surface area contributed by atoms with Gasteiger partial charge in [-0.15, -0.1) is 0 Å². The second-order valence-electron chi connectivity index (χ2n) is 5.46. The molecule has 0 radical (unpaired) electrons. The van der Waals surface area contributed by atoms with Crippen molar-refractivity contribution in [3.63, 3.8) is 0 Å². The van der Waals surface area contributed by atoms with E-state index in [-0.39, 0.29) is 12.6 Å². The van der Waals surface area contributed by atoms with Gasteiger partial charge in [0.2, 0.25) is 0 Å². The molecule has 5 heteroatoms. The SMILES string of the molecule is Cc1cccnc1CN1Cc2ncn(C)c2C[C@H]1CO. The van der Waals surface area contributed by atoms with E-state index < -0.39 is 0 Å². The van der Waals surface area contributed by atoms with Crippen molar-refractivity contribution in [3.05, 3.63) is 47.3 Å². The van der Waals surface area contributed by atoms with Crippen molar-refractivity contribution in [2.45, 2.75) is 32.5 Å². The molecule has 3 rings (SSSR count). The van der Waals surface area contributed by atoms with Crippen LogP contribution in [0.4, 0.5) is 0 Å². The van der Waals surface area contributed by atoms with E-state index in [0.29, 0.717) is 0 Å². The summed E-state index contributed by atoms with van der Waals surface area (Å²) in [7, 11) is 2.01. The number of nitrogens with zero attached hydrogens (tertiary/aromatic N) is 4. The molecule has 0 amide bonds. The van der Waals surface area contributed by atoms with E-state index >= 15 is 0 Å². The van der Waals surface area contributed by atoms with Crippen molar-refractivity contribution in [1.82, 2.24) is 19.4 Å². The number of aliphatic hydroxyl groups excluding tert-OH is 1. The van der Waals surface area contributed by atoms with Crippen LogP contribution in [0.5, 0.6) is 0 Å². The van der Waals surface area contributed by atoms with Gasteiger partial charge in [-0.05, 0) is 18.6 Å². The number of aliphatic hydroxyl groups is 1. The number of imidazole rings is 1. The molecular weight excluding hydrogens is 252 g/mol. The minimum absolute atomic E-state index is 0.138. The van der Waals surface area contributed by atoms with Crippen LogP contribution in [0.1, 0.15) is 22.6 Å². The molecule has 0 saturated carbocycles. The summed E-state index contributed by atoms with van der Waals surface area (Å²) in [5.41, 5.74) is 4.62. The van der Waals surface area contributed by atoms with Crippen molar-refractivity contribution in [1.29, 1.82) is 0 Å². The van der Waals surface area contributed by atoms with Crippen LogP contribution in [0, 0.1) is 6.92 Å². The maximum atomic E-state index is 9.67. The quantitative estimate of drug-likeness (QED) is 0.907. The summed E-state index contributed by atoms with van der Waals surface area (Å²) in [4.78, 5) is 11.2. The summed E-state index contributed by atoms with van der Waals surface area (Å²) in [5.74, 6) is 0. The zero-order valence-corrected chi connectivity index (χ0v) is 12.0. The molecule has 0 bridgehead atoms. The summed E-state index contributed by atoms with van der Waals surface area (Å²) in [6, 6.07) is 4.17. The van der Waals surface area contributed by atoms with Crippen LogP contribution >= 0.6 is 0 Å². The first-order chi connectivity index (χ1) is 9.69. The van der Waals surface area contributed by atoms with Gasteiger partial charge in [0.25, 0.3) is 0 Å². The van der Waals surface area contributed by atoms with E-state index in [1.54, 1.807) is 0 Å². The zero-order chi connectivity index (χ0) is 14.1. The second kappa shape index (κ2) is 5.34. The van der Waals surface area contributed by atoms with Crippen LogP contribution < -0.4 is 0 Å². The smallest absolute Gasteiger partial charge is 0.0949 e. The van der Waals surface area contributed by atoms with E-state index in [1.165, 1.54) is 11.3 Å². The molecule has 1 aliphatic heterocycles. The number of aryl methyl sites for hydroxylation is 2. The Morgan fingerprint density at radius 3 is 3.00 bits per heavy atom. The molecule has 0 fully saturated rings. The van der Waals surface area contributed by atoms with Gasteiger partial charge in [0.1, 0.15) is 0 Å². The molecule has 20 heavy (non-hydrogen) atoms. The number of aromatic nitrogens is 3. The lowest BCUT2D eigenvalue weighted by molar-refractivity contribution is 0.0954. The van der Waals surface area contributed by atoms with Gasteiger partial charge in [-0.3, -0.25) is 9.88 Å². The molecule has 1 atom stereocenters. The van der Waals surface area contributed by atoms with Crippen molar-refractivity contribution in [2.24, 2.45) is 7.05 Å². The van der Waals surface area contributed by atoms with Gasteiger partial charge in [-0.2, -0.15) is 0 Å². The highest BCUT2D eigenvalue weighted by Crippen LogP contribution is 2.23. The standard InChI is InChI=1S/C15H20N4O/c1-11-4-3-5-16-13(11)7-19-8-14-15(6-12(19)9-20)18(2)10-17-14/h3-5,10,12,20H,6-9H2,1-2H3/t12-/m0/s1. The number of fused-ring (bicyclic) bond motifs is 1. The van der Waals surface area contributed by atoms with Gasteiger partial charge in [-0.1, -0.05) is 6.07 Å². The first-order valence-corrected chi connectivity index (χ1v) is 6.93. The van der Waals surface area contributed by atoms with Crippen LogP contribution in [0.25, 0.3) is 0 Å². The average Bonchev–Trinajstić information content (AvgIpc) is 2.81. The fraction of sp³-hybridized carbons (Fsp3) is 0.467. The molecular formula is C15H20N4O. The highest BCUT2D eigenvalue weighted by molar-refractivity contribution is 5.21. The predicted molar refractivity (Wildman–Crippen MR) is 76.0 cm³/mol. The fourth-order valence-electron chi connectivity index (χ4n) is 2.81. The first-order valence-electron chi connectivity index (χ1n) is 6.93. The largest absolute Gasteiger partial charge is 0.395 e. The van der Waals surface area contributed by atoms with Gasteiger partial charge in [0.05, 0.1) is 24.3 Å². The lowest BCUT2D eigenvalue weighted by Crippen LogP contribution is -2.43. The third kappa shape index (κ3) is 2.34. The summed E-state index contributed by atoms with van der Waals surface area (Å²) in [6.45, 7) is 3.77. The lowest BCUT2D eigenvalue weighted by Gasteiger charge is -2.34. The van der Waals surface area contributed by atoms with Crippen LogP contribution in [0.3, 0.4) is 0 Å². The van der Waals surface area contributed by atoms with Crippen LogP contribution in [-0.2, 0) is 26.6 Å². The van der Waals surface area contributed by atoms with Crippen molar-refractivity contribution in [3.8, 4) is 0 Å². The molecule has 106 valence electrons. The molecule has 3 heterocycles. The Morgan fingerprint density at radius 1 is 1.40 bits per heavy atom. The third-order valence-electron chi connectivity index (χ3n) is 4.13. The van der Waals surface area contributed by atoms with Crippen molar-refractivity contribution in [2.75, 3.05) is 6.61 Å². The van der Waals surface area contributed by atoms with E-state index in [4.69, 9.17) is 0 Å². The number of hydrogen-bond donors (Lipinski definition) is 1. The zero-order valence-electron chi connectivity index (χ0n) is 12.0. The molecule has 0 unspecified atom stereocenters. The predicted octanol–water partition coefficient (Wildman–Crippen LogP) is 1.04. The molecule has 0 saturated heterocycles. The van der Waals surface area contributed by atoms with Crippen molar-refractivity contribution >= 4 is 0 Å². The molecule has 0 spiro atoms. The summed E-state index contributed by atoms with van der Waals surface area (Å²) >= 11 is 0. The first kappa shape index (κ1) is 13.3. The normalized spacial score (nSPS) is 19.1. The highest BCUT2D eigenvalue weighted by Gasteiger charge is 2.28. The van der Waals surface area contributed by atoms with Crippen LogP contribution in [0.2, 0.25) is 0 Å². The summed E-state index contributed by atoms with van der Waals surface area (Å²) in [5, 5.41) is 9.67. The Labute approximate surface area is 118 Å². The lowest BCUT2D eigenvalue weighted by atomic mass is 10.0. The van der Waals surface area contributed by atoms with E-state index in [0.717, 1.165) is 30.9 Å². The maximum absolute atomic E-state index is 9.67. The number of rotatable bonds is 3. The monoisotopic (exact) mass is 272 g/mol. The Bertz CT molecular complexity index is 608. The molecule has 1 N–H and O–H groups in total. The van der Waals surface area contributed by atoms with Crippen LogP contribution in [-0.4, -0.2) is 37.2 Å². The Morgan fingerprint density at radius 2 is 2.25 bits per heavy atom. The van der Waals surface area contributed by atoms with Crippen molar-refractivity contribution < 1.29 is 5.11 Å². The molecule has 1 aliphatic rings. The summed E-state index contributed by atoms with van der Waals surface area (Å²) in [6.07, 6.45) is 4.52. The maximum Gasteiger partial charge on any atom is 0.0949 e. The molecule has 2 aromatic heterocycles. The van der Waals surface area contributed by atoms with Gasteiger partial charge >= 0.3 is 0 Å². The van der Waals surface area contributed by atoms with E-state index in [9.17, 15) is 5.11 Å². The van der Waals surface area contributed by atoms with Gasteiger partial charge < -0.3 is 9.67 Å². The third-order valence-corrected chi connectivity index (χ3v) is 4.13. The highest BCUT2D eigenvalue weighted by atomic mass is 16.3. The molecule has 0 aliphatic carbocycles. The van der Waals surface area contributed by atoms with Gasteiger partial charge in [0.15, 0.2) is 0 Å². The van der Waals surface area contributed by atoms with E-state index in [1.807, 2.05) is 25.6 Å². The minimum atomic E-state index is 0.138. The topological polar surface area (TPSA) is 54.2 Å². The Hall–Kier alpha value is -1.72. The summed E-state index contributed by atoms with van der Waals surface area (Å²) < 4.78 is 2.06. The Balaban J connectivity index is 1.84. The van der Waals surface area contributed by atoms with Gasteiger partial charge in [0, 0.05) is 44.5 Å². The average molecular weight is 272 g/mol. The molecule has 0 aromatic carbocycles. The number of pyridine rings is 1. The molecule has 2 aromatic rings. The molecule has 5 nitrogen and oxygen atoms in total. The van der Waals surface area contributed by atoms with Gasteiger partial charge in [-0.25, -0.2) is 4.98 Å². The fourth-order valence-corrected chi connectivity index (χ4v) is 2.81. The Kier molecular flexibility index (Phi) is 3.54. The second-order valence-corrected chi connectivity index (χ2v) is 5.46. The van der Waals surface area contributed by atoms with Crippen LogP contribution in [0.15, 0.2) is 24.7 Å². The van der Waals surface area contributed by atoms with E-state index in [2.05, 4.69) is 32.4 Å².